The number of benzene rings is 1. The zero-order valence-corrected chi connectivity index (χ0v) is 8.18. The van der Waals surface area contributed by atoms with E-state index in [-0.39, 0.29) is 6.30 Å². The van der Waals surface area contributed by atoms with E-state index in [1.54, 1.807) is 6.92 Å². The van der Waals surface area contributed by atoms with Gasteiger partial charge in [0.25, 0.3) is 0 Å². The second-order valence-corrected chi connectivity index (χ2v) is 3.43. The van der Waals surface area contributed by atoms with Crippen molar-refractivity contribution in [3.8, 4) is 0 Å². The summed E-state index contributed by atoms with van der Waals surface area (Å²) >= 11 is 0. The van der Waals surface area contributed by atoms with Gasteiger partial charge in [0.15, 0.2) is 0 Å². The maximum absolute atomic E-state index is 12.6. The zero-order valence-electron chi connectivity index (χ0n) is 9.18. The van der Waals surface area contributed by atoms with Gasteiger partial charge in [0, 0.05) is 7.05 Å². The summed E-state index contributed by atoms with van der Waals surface area (Å²) in [7, 11) is 1.53. The molecular weight excluding hydrogens is 205 g/mol. The highest BCUT2D eigenvalue weighted by Gasteiger charge is 2.31. The van der Waals surface area contributed by atoms with E-state index in [4.69, 9.17) is 1.37 Å². The van der Waals surface area contributed by atoms with Crippen molar-refractivity contribution in [3.05, 3.63) is 29.6 Å². The summed E-state index contributed by atoms with van der Waals surface area (Å²) in [5, 5.41) is 0. The first-order valence-corrected chi connectivity index (χ1v) is 4.31. The van der Waals surface area contributed by atoms with Crippen molar-refractivity contribution in [3.63, 3.8) is 0 Å². The molecule has 0 N–H and O–H groups in total. The van der Waals surface area contributed by atoms with Gasteiger partial charge in [0.2, 0.25) is 0 Å². The number of hydrogen-bond donors (Lipinski definition) is 0. The normalized spacial score (nSPS) is 13.3. The van der Waals surface area contributed by atoms with E-state index in [0.29, 0.717) is 16.6 Å². The van der Waals surface area contributed by atoms with Crippen LogP contribution in [0.2, 0.25) is 0 Å². The van der Waals surface area contributed by atoms with E-state index in [1.165, 1.54) is 11.6 Å². The van der Waals surface area contributed by atoms with Gasteiger partial charge in [0.1, 0.15) is 1.37 Å². The van der Waals surface area contributed by atoms with E-state index >= 15 is 0 Å². The fraction of sp³-hybridized carbons (Fsp3) is 0.300. The Kier molecular flexibility index (Phi) is 1.74. The SMILES string of the molecule is [2H]c1nc2c(C)cc(C(F)(F)F)cc2n1C. The Balaban J connectivity index is 2.80. The minimum absolute atomic E-state index is 0.0441. The molecule has 0 saturated heterocycles. The molecule has 1 aromatic carbocycles. The molecule has 2 aromatic rings. The van der Waals surface area contributed by atoms with Crippen molar-refractivity contribution in [2.45, 2.75) is 13.1 Å². The Morgan fingerprint density at radius 1 is 1.40 bits per heavy atom. The number of aryl methyl sites for hydroxylation is 2. The molecule has 0 aliphatic rings. The van der Waals surface area contributed by atoms with Crippen LogP contribution in [-0.2, 0) is 13.2 Å². The molecule has 15 heavy (non-hydrogen) atoms. The molecule has 0 atom stereocenters. The molecule has 0 fully saturated rings. The third-order valence-corrected chi connectivity index (χ3v) is 2.28. The van der Waals surface area contributed by atoms with Crippen LogP contribution < -0.4 is 0 Å². The predicted octanol–water partition coefficient (Wildman–Crippen LogP) is 2.90. The molecule has 1 aromatic heterocycles. The molecular formula is C10H9F3N2. The average Bonchev–Trinajstić information content (AvgIpc) is 2.44. The molecule has 0 unspecified atom stereocenters. The first-order valence-electron chi connectivity index (χ1n) is 4.81. The number of aromatic nitrogens is 2. The molecule has 5 heteroatoms. The number of halogens is 3. The smallest absolute Gasteiger partial charge is 0.334 e. The van der Waals surface area contributed by atoms with Crippen molar-refractivity contribution >= 4 is 11.0 Å². The van der Waals surface area contributed by atoms with Crippen LogP contribution in [0.25, 0.3) is 11.0 Å². The Morgan fingerprint density at radius 2 is 2.07 bits per heavy atom. The topological polar surface area (TPSA) is 17.8 Å². The summed E-state index contributed by atoms with van der Waals surface area (Å²) < 4.78 is 46.4. The third-order valence-electron chi connectivity index (χ3n) is 2.28. The first kappa shape index (κ1) is 8.76. The van der Waals surface area contributed by atoms with Gasteiger partial charge < -0.3 is 4.57 Å². The molecule has 0 aliphatic heterocycles. The number of nitrogens with zero attached hydrogens (tertiary/aromatic N) is 2. The maximum Gasteiger partial charge on any atom is 0.416 e. The van der Waals surface area contributed by atoms with Crippen LogP contribution in [-0.4, -0.2) is 9.55 Å². The van der Waals surface area contributed by atoms with Gasteiger partial charge in [-0.05, 0) is 24.6 Å². The van der Waals surface area contributed by atoms with Crippen LogP contribution >= 0.6 is 0 Å². The Bertz CT molecular complexity index is 557. The number of fused-ring (bicyclic) bond motifs is 1. The van der Waals surface area contributed by atoms with Crippen LogP contribution in [0, 0.1) is 6.92 Å². The van der Waals surface area contributed by atoms with Crippen molar-refractivity contribution in [1.29, 1.82) is 0 Å². The quantitative estimate of drug-likeness (QED) is 0.660. The fourth-order valence-corrected chi connectivity index (χ4v) is 1.50. The lowest BCUT2D eigenvalue weighted by atomic mass is 10.1. The monoisotopic (exact) mass is 215 g/mol. The van der Waals surface area contributed by atoms with Crippen molar-refractivity contribution < 1.29 is 14.5 Å². The fourth-order valence-electron chi connectivity index (χ4n) is 1.50. The number of alkyl halides is 3. The van der Waals surface area contributed by atoms with Gasteiger partial charge in [-0.2, -0.15) is 13.2 Å². The highest BCUT2D eigenvalue weighted by molar-refractivity contribution is 5.79. The molecule has 0 spiro atoms. The molecule has 80 valence electrons. The number of rotatable bonds is 0. The van der Waals surface area contributed by atoms with Gasteiger partial charge in [-0.15, -0.1) is 0 Å². The second-order valence-electron chi connectivity index (χ2n) is 3.43. The first-order chi connectivity index (χ1) is 7.30. The minimum atomic E-state index is -4.37. The molecule has 0 amide bonds. The minimum Gasteiger partial charge on any atom is -0.334 e. The van der Waals surface area contributed by atoms with Gasteiger partial charge in [-0.3, -0.25) is 0 Å². The average molecular weight is 215 g/mol. The molecule has 2 rings (SSSR count). The van der Waals surface area contributed by atoms with E-state index in [0.717, 1.165) is 12.1 Å². The summed E-state index contributed by atoms with van der Waals surface area (Å²) in [4.78, 5) is 3.90. The molecule has 2 nitrogen and oxygen atoms in total. The van der Waals surface area contributed by atoms with Crippen LogP contribution in [0.5, 0.6) is 0 Å². The predicted molar refractivity (Wildman–Crippen MR) is 50.5 cm³/mol. The van der Waals surface area contributed by atoms with E-state index < -0.39 is 11.7 Å². The molecule has 0 bridgehead atoms. The molecule has 0 saturated carbocycles. The van der Waals surface area contributed by atoms with Crippen molar-refractivity contribution in [1.82, 2.24) is 9.55 Å². The van der Waals surface area contributed by atoms with Gasteiger partial charge in [-0.1, -0.05) is 0 Å². The van der Waals surface area contributed by atoms with Crippen LogP contribution in [0.1, 0.15) is 12.5 Å². The lowest BCUT2D eigenvalue weighted by Crippen LogP contribution is -2.05. The van der Waals surface area contributed by atoms with Gasteiger partial charge >= 0.3 is 6.18 Å². The standard InChI is InChI=1S/C10H9F3N2/c1-6-3-7(10(11,12)13)4-8-9(6)14-5-15(8)2/h3-5H,1-2H3/i5D. The summed E-state index contributed by atoms with van der Waals surface area (Å²) in [5.41, 5.74) is 0.497. The Morgan fingerprint density at radius 3 is 2.67 bits per heavy atom. The lowest BCUT2D eigenvalue weighted by molar-refractivity contribution is -0.137. The van der Waals surface area contributed by atoms with Gasteiger partial charge in [-0.25, -0.2) is 4.98 Å². The summed E-state index contributed by atoms with van der Waals surface area (Å²) in [6.07, 6.45) is -4.41. The van der Waals surface area contributed by atoms with Crippen molar-refractivity contribution in [2.24, 2.45) is 7.05 Å². The van der Waals surface area contributed by atoms with Crippen molar-refractivity contribution in [2.75, 3.05) is 0 Å². The Labute approximate surface area is 85.7 Å². The van der Waals surface area contributed by atoms with Crippen LogP contribution in [0.3, 0.4) is 0 Å². The van der Waals surface area contributed by atoms with Crippen LogP contribution in [0.4, 0.5) is 13.2 Å². The maximum atomic E-state index is 12.6. The summed E-state index contributed by atoms with van der Waals surface area (Å²) in [6.45, 7) is 1.56. The molecule has 1 heterocycles. The highest BCUT2D eigenvalue weighted by Crippen LogP contribution is 2.32. The lowest BCUT2D eigenvalue weighted by Gasteiger charge is -2.08. The Hall–Kier alpha value is -1.52. The van der Waals surface area contributed by atoms with E-state index in [1.807, 2.05) is 0 Å². The third kappa shape index (κ3) is 1.58. The molecule has 0 aliphatic carbocycles. The largest absolute Gasteiger partial charge is 0.416 e. The highest BCUT2D eigenvalue weighted by atomic mass is 19.4. The second kappa shape index (κ2) is 2.98. The van der Waals surface area contributed by atoms with Crippen LogP contribution in [0.15, 0.2) is 18.4 Å². The van der Waals surface area contributed by atoms with E-state index in [2.05, 4.69) is 4.98 Å². The number of imidazole rings is 1. The zero-order chi connectivity index (χ0) is 12.1. The van der Waals surface area contributed by atoms with E-state index in [9.17, 15) is 13.2 Å². The summed E-state index contributed by atoms with van der Waals surface area (Å²) in [5.74, 6) is 0. The summed E-state index contributed by atoms with van der Waals surface area (Å²) in [6, 6.07) is 2.07. The van der Waals surface area contributed by atoms with Gasteiger partial charge in [0.05, 0.1) is 22.9 Å². The molecule has 0 radical (unpaired) electrons. The number of hydrogen-bond acceptors (Lipinski definition) is 1.